The van der Waals surface area contributed by atoms with E-state index in [1.54, 1.807) is 19.9 Å². The lowest BCUT2D eigenvalue weighted by Gasteiger charge is -2.06. The van der Waals surface area contributed by atoms with Gasteiger partial charge in [-0.2, -0.15) is 4.37 Å². The second-order valence-electron chi connectivity index (χ2n) is 3.77. The molecule has 0 aliphatic carbocycles. The van der Waals surface area contributed by atoms with Crippen LogP contribution in [0.3, 0.4) is 0 Å². The van der Waals surface area contributed by atoms with Crippen LogP contribution in [0.25, 0.3) is 0 Å². The Labute approximate surface area is 109 Å². The van der Waals surface area contributed by atoms with Gasteiger partial charge in [0.15, 0.2) is 0 Å². The standard InChI is InChI=1S/C10H12N4O2S2/c1-6-5-8(3-4-9(6)11)18(15,16)14-10-12-7(2)13-17-10/h3-5H,11H2,1-2H3,(H,12,13,14). The first-order valence-electron chi connectivity index (χ1n) is 5.08. The Hall–Kier alpha value is -1.67. The molecule has 3 N–H and O–H groups in total. The largest absolute Gasteiger partial charge is 0.399 e. The van der Waals surface area contributed by atoms with E-state index in [-0.39, 0.29) is 10.0 Å². The molecule has 1 aromatic heterocycles. The molecular weight excluding hydrogens is 272 g/mol. The maximum atomic E-state index is 12.1. The number of nitrogen functional groups attached to an aromatic ring is 1. The fourth-order valence-electron chi connectivity index (χ4n) is 1.33. The highest BCUT2D eigenvalue weighted by molar-refractivity contribution is 7.93. The predicted molar refractivity (Wildman–Crippen MR) is 71.0 cm³/mol. The number of aromatic nitrogens is 2. The van der Waals surface area contributed by atoms with E-state index in [2.05, 4.69) is 14.1 Å². The van der Waals surface area contributed by atoms with Crippen LogP contribution in [-0.2, 0) is 10.0 Å². The maximum absolute atomic E-state index is 12.1. The predicted octanol–water partition coefficient (Wildman–Crippen LogP) is 1.54. The monoisotopic (exact) mass is 284 g/mol. The summed E-state index contributed by atoms with van der Waals surface area (Å²) in [5.74, 6) is 0.534. The minimum Gasteiger partial charge on any atom is -0.399 e. The smallest absolute Gasteiger partial charge is 0.263 e. The van der Waals surface area contributed by atoms with Crippen molar-refractivity contribution in [1.82, 2.24) is 9.36 Å². The third-order valence-corrected chi connectivity index (χ3v) is 4.49. The van der Waals surface area contributed by atoms with Gasteiger partial charge in [0.05, 0.1) is 4.90 Å². The number of aryl methyl sites for hydroxylation is 2. The summed E-state index contributed by atoms with van der Waals surface area (Å²) in [6.45, 7) is 3.45. The lowest BCUT2D eigenvalue weighted by molar-refractivity contribution is 0.601. The summed E-state index contributed by atoms with van der Waals surface area (Å²) in [6.07, 6.45) is 0. The summed E-state index contributed by atoms with van der Waals surface area (Å²) in [4.78, 5) is 4.11. The molecule has 0 bridgehead atoms. The molecular formula is C10H12N4O2S2. The summed E-state index contributed by atoms with van der Waals surface area (Å²) in [5, 5.41) is 0.252. The number of nitrogens with zero attached hydrogens (tertiary/aromatic N) is 2. The minimum absolute atomic E-state index is 0.155. The highest BCUT2D eigenvalue weighted by Crippen LogP contribution is 2.20. The van der Waals surface area contributed by atoms with Gasteiger partial charge in [0.1, 0.15) is 5.82 Å². The molecule has 0 fully saturated rings. The van der Waals surface area contributed by atoms with Gasteiger partial charge in [0.2, 0.25) is 5.13 Å². The van der Waals surface area contributed by atoms with Gasteiger partial charge < -0.3 is 5.73 Å². The van der Waals surface area contributed by atoms with E-state index in [1.165, 1.54) is 12.1 Å². The first kappa shape index (κ1) is 12.8. The van der Waals surface area contributed by atoms with Crippen molar-refractivity contribution in [3.8, 4) is 0 Å². The Balaban J connectivity index is 2.33. The van der Waals surface area contributed by atoms with Crippen LogP contribution in [0.1, 0.15) is 11.4 Å². The molecule has 0 aliphatic heterocycles. The summed E-state index contributed by atoms with van der Waals surface area (Å²) in [7, 11) is -3.64. The van der Waals surface area contributed by atoms with Gasteiger partial charge in [0, 0.05) is 17.2 Å². The molecule has 0 atom stereocenters. The van der Waals surface area contributed by atoms with Crippen molar-refractivity contribution >= 4 is 32.4 Å². The number of nitrogens with two attached hydrogens (primary N) is 1. The lowest BCUT2D eigenvalue weighted by atomic mass is 10.2. The molecule has 0 saturated heterocycles. The third kappa shape index (κ3) is 2.59. The Kier molecular flexibility index (Phi) is 3.22. The van der Waals surface area contributed by atoms with Gasteiger partial charge >= 0.3 is 0 Å². The number of sulfonamides is 1. The average molecular weight is 284 g/mol. The number of anilines is 2. The van der Waals surface area contributed by atoms with Crippen LogP contribution in [0, 0.1) is 13.8 Å². The van der Waals surface area contributed by atoms with E-state index >= 15 is 0 Å². The second-order valence-corrected chi connectivity index (χ2v) is 6.20. The van der Waals surface area contributed by atoms with Crippen LogP contribution >= 0.6 is 11.5 Å². The zero-order valence-corrected chi connectivity index (χ0v) is 11.5. The molecule has 0 saturated carbocycles. The van der Waals surface area contributed by atoms with Crippen LogP contribution in [0.15, 0.2) is 23.1 Å². The zero-order valence-electron chi connectivity index (χ0n) is 9.84. The number of benzene rings is 1. The molecule has 2 aromatic rings. The first-order chi connectivity index (χ1) is 8.38. The Morgan fingerprint density at radius 1 is 1.33 bits per heavy atom. The van der Waals surface area contributed by atoms with Gasteiger partial charge in [-0.05, 0) is 37.6 Å². The van der Waals surface area contributed by atoms with Gasteiger partial charge in [-0.25, -0.2) is 13.4 Å². The van der Waals surface area contributed by atoms with Crippen LogP contribution in [0.4, 0.5) is 10.8 Å². The van der Waals surface area contributed by atoms with E-state index in [0.717, 1.165) is 11.5 Å². The topological polar surface area (TPSA) is 98.0 Å². The Morgan fingerprint density at radius 2 is 2.06 bits per heavy atom. The number of nitrogens with one attached hydrogen (secondary N) is 1. The third-order valence-electron chi connectivity index (χ3n) is 2.30. The van der Waals surface area contributed by atoms with Gasteiger partial charge in [-0.1, -0.05) is 0 Å². The van der Waals surface area contributed by atoms with E-state index in [4.69, 9.17) is 5.73 Å². The lowest BCUT2D eigenvalue weighted by Crippen LogP contribution is -2.13. The van der Waals surface area contributed by atoms with Crippen molar-refractivity contribution in [2.45, 2.75) is 18.7 Å². The molecule has 0 radical (unpaired) electrons. The normalized spacial score (nSPS) is 11.4. The highest BCUT2D eigenvalue weighted by Gasteiger charge is 2.16. The van der Waals surface area contributed by atoms with Crippen molar-refractivity contribution < 1.29 is 8.42 Å². The molecule has 6 nitrogen and oxygen atoms in total. The minimum atomic E-state index is -3.64. The van der Waals surface area contributed by atoms with Gasteiger partial charge in [-0.15, -0.1) is 0 Å². The van der Waals surface area contributed by atoms with E-state index in [1.807, 2.05) is 0 Å². The summed E-state index contributed by atoms with van der Waals surface area (Å²) >= 11 is 1.00. The summed E-state index contributed by atoms with van der Waals surface area (Å²) < 4.78 is 30.4. The van der Waals surface area contributed by atoms with E-state index in [9.17, 15) is 8.42 Å². The number of rotatable bonds is 3. The fraction of sp³-hybridized carbons (Fsp3) is 0.200. The molecule has 0 spiro atoms. The first-order valence-corrected chi connectivity index (χ1v) is 7.33. The van der Waals surface area contributed by atoms with Crippen LogP contribution in [0.5, 0.6) is 0 Å². The zero-order chi connectivity index (χ0) is 13.3. The quantitative estimate of drug-likeness (QED) is 0.833. The van der Waals surface area contributed by atoms with Gasteiger partial charge in [0.25, 0.3) is 10.0 Å². The number of hydrogen-bond donors (Lipinski definition) is 2. The fourth-order valence-corrected chi connectivity index (χ4v) is 3.21. The SMILES string of the molecule is Cc1nsc(NS(=O)(=O)c2ccc(N)c(C)c2)n1. The number of hydrogen-bond acceptors (Lipinski definition) is 6. The van der Waals surface area contributed by atoms with Crippen LogP contribution in [0.2, 0.25) is 0 Å². The maximum Gasteiger partial charge on any atom is 0.263 e. The molecule has 0 amide bonds. The highest BCUT2D eigenvalue weighted by atomic mass is 32.2. The van der Waals surface area contributed by atoms with Crippen LogP contribution < -0.4 is 10.5 Å². The summed E-state index contributed by atoms with van der Waals surface area (Å²) in [6, 6.07) is 4.54. The molecule has 2 rings (SSSR count). The summed E-state index contributed by atoms with van der Waals surface area (Å²) in [5.41, 5.74) is 6.92. The molecule has 1 aromatic carbocycles. The van der Waals surface area contributed by atoms with Gasteiger partial charge in [-0.3, -0.25) is 4.72 Å². The van der Waals surface area contributed by atoms with Crippen molar-refractivity contribution in [1.29, 1.82) is 0 Å². The molecule has 0 unspecified atom stereocenters. The van der Waals surface area contributed by atoms with Crippen molar-refractivity contribution in [2.75, 3.05) is 10.5 Å². The van der Waals surface area contributed by atoms with Crippen LogP contribution in [-0.4, -0.2) is 17.8 Å². The Bertz CT molecular complexity index is 679. The molecule has 18 heavy (non-hydrogen) atoms. The molecule has 96 valence electrons. The van der Waals surface area contributed by atoms with Crippen molar-refractivity contribution in [2.24, 2.45) is 0 Å². The molecule has 0 aliphatic rings. The van der Waals surface area contributed by atoms with E-state index in [0.29, 0.717) is 17.1 Å². The van der Waals surface area contributed by atoms with Crippen molar-refractivity contribution in [3.63, 3.8) is 0 Å². The molecule has 1 heterocycles. The average Bonchev–Trinajstić information content (AvgIpc) is 2.67. The molecule has 8 heteroatoms. The second kappa shape index (κ2) is 4.54. The van der Waals surface area contributed by atoms with Crippen molar-refractivity contribution in [3.05, 3.63) is 29.6 Å². The Morgan fingerprint density at radius 3 is 2.61 bits per heavy atom. The van der Waals surface area contributed by atoms with E-state index < -0.39 is 10.0 Å².